The fourth-order valence-corrected chi connectivity index (χ4v) is 2.64. The van der Waals surface area contributed by atoms with Gasteiger partial charge in [0.25, 0.3) is 0 Å². The lowest BCUT2D eigenvalue weighted by molar-refractivity contribution is 0.135. The van der Waals surface area contributed by atoms with Gasteiger partial charge in [0.1, 0.15) is 0 Å². The molecule has 1 saturated heterocycles. The summed E-state index contributed by atoms with van der Waals surface area (Å²) in [5.41, 5.74) is 2.72. The van der Waals surface area contributed by atoms with Crippen molar-refractivity contribution >= 4 is 6.03 Å². The highest BCUT2D eigenvalue weighted by molar-refractivity contribution is 5.74. The molecule has 122 valence electrons. The number of rotatable bonds is 5. The first-order valence-electron chi connectivity index (χ1n) is 8.00. The zero-order valence-electron chi connectivity index (χ0n) is 14.0. The molecule has 22 heavy (non-hydrogen) atoms. The minimum atomic E-state index is 0.0670. The van der Waals surface area contributed by atoms with E-state index < -0.39 is 0 Å². The summed E-state index contributed by atoms with van der Waals surface area (Å²) in [6, 6.07) is 8.59. The molecule has 0 saturated carbocycles. The van der Waals surface area contributed by atoms with Crippen LogP contribution in [0.3, 0.4) is 0 Å². The first-order valence-corrected chi connectivity index (χ1v) is 8.00. The Kier molecular flexibility index (Phi) is 6.21. The van der Waals surface area contributed by atoms with Crippen LogP contribution in [0.2, 0.25) is 0 Å². The standard InChI is InChI=1S/C17H28N4O/c1-15-6-4-5-7-16(15)14-20-10-12-21(13-11-20)17(22)18-8-9-19(2)3/h4-7H,8-14H2,1-3H3,(H,18,22). The van der Waals surface area contributed by atoms with Crippen LogP contribution >= 0.6 is 0 Å². The predicted octanol–water partition coefficient (Wildman–Crippen LogP) is 1.38. The van der Waals surface area contributed by atoms with Crippen LogP contribution in [0.15, 0.2) is 24.3 Å². The number of hydrogen-bond acceptors (Lipinski definition) is 3. The molecule has 1 N–H and O–H groups in total. The molecule has 5 nitrogen and oxygen atoms in total. The van der Waals surface area contributed by atoms with Gasteiger partial charge in [-0.25, -0.2) is 4.79 Å². The van der Waals surface area contributed by atoms with E-state index in [1.54, 1.807) is 0 Å². The topological polar surface area (TPSA) is 38.8 Å². The minimum absolute atomic E-state index is 0.0670. The third-order valence-corrected chi connectivity index (χ3v) is 4.15. The monoisotopic (exact) mass is 304 g/mol. The fourth-order valence-electron chi connectivity index (χ4n) is 2.64. The highest BCUT2D eigenvalue weighted by atomic mass is 16.2. The summed E-state index contributed by atoms with van der Waals surface area (Å²) in [4.78, 5) is 18.5. The summed E-state index contributed by atoms with van der Waals surface area (Å²) < 4.78 is 0. The van der Waals surface area contributed by atoms with Crippen molar-refractivity contribution in [3.8, 4) is 0 Å². The first kappa shape index (κ1) is 16.8. The lowest BCUT2D eigenvalue weighted by Crippen LogP contribution is -2.52. The number of urea groups is 1. The maximum atomic E-state index is 12.1. The Morgan fingerprint density at radius 1 is 1.18 bits per heavy atom. The van der Waals surface area contributed by atoms with Crippen LogP contribution in [0.5, 0.6) is 0 Å². The number of hydrogen-bond donors (Lipinski definition) is 1. The first-order chi connectivity index (χ1) is 10.6. The second-order valence-corrected chi connectivity index (χ2v) is 6.22. The number of carbonyl (C=O) groups is 1. The normalized spacial score (nSPS) is 16.1. The van der Waals surface area contributed by atoms with Gasteiger partial charge < -0.3 is 15.1 Å². The van der Waals surface area contributed by atoms with Crippen LogP contribution in [0.25, 0.3) is 0 Å². The van der Waals surface area contributed by atoms with E-state index >= 15 is 0 Å². The zero-order chi connectivity index (χ0) is 15.9. The highest BCUT2D eigenvalue weighted by Crippen LogP contribution is 2.12. The predicted molar refractivity (Wildman–Crippen MR) is 90.0 cm³/mol. The third-order valence-electron chi connectivity index (χ3n) is 4.15. The number of likely N-dealkylation sites (N-methyl/N-ethyl adjacent to an activating group) is 1. The summed E-state index contributed by atoms with van der Waals surface area (Å²) in [6.45, 7) is 8.20. The number of benzene rings is 1. The maximum Gasteiger partial charge on any atom is 0.317 e. The van der Waals surface area contributed by atoms with Gasteiger partial charge in [0.2, 0.25) is 0 Å². The molecular formula is C17H28N4O. The molecule has 5 heteroatoms. The lowest BCUT2D eigenvalue weighted by atomic mass is 10.1. The zero-order valence-corrected chi connectivity index (χ0v) is 14.0. The number of carbonyl (C=O) groups excluding carboxylic acids is 1. The van der Waals surface area contributed by atoms with Crippen LogP contribution in [0, 0.1) is 6.92 Å². The molecule has 1 aromatic carbocycles. The molecule has 0 bridgehead atoms. The summed E-state index contributed by atoms with van der Waals surface area (Å²) in [5.74, 6) is 0. The van der Waals surface area contributed by atoms with E-state index in [9.17, 15) is 4.79 Å². The Morgan fingerprint density at radius 2 is 1.86 bits per heavy atom. The van der Waals surface area contributed by atoms with Gasteiger partial charge in [-0.05, 0) is 32.1 Å². The molecule has 1 aliphatic heterocycles. The second kappa shape index (κ2) is 8.15. The van der Waals surface area contributed by atoms with Crippen molar-refractivity contribution in [1.82, 2.24) is 20.0 Å². The van der Waals surface area contributed by atoms with Crippen LogP contribution in [0.1, 0.15) is 11.1 Å². The molecule has 1 heterocycles. The Labute approximate surface area is 133 Å². The van der Waals surface area contributed by atoms with Gasteiger partial charge in [-0.3, -0.25) is 4.90 Å². The van der Waals surface area contributed by atoms with Gasteiger partial charge in [0.15, 0.2) is 0 Å². The SMILES string of the molecule is Cc1ccccc1CN1CCN(C(=O)NCCN(C)C)CC1. The van der Waals surface area contributed by atoms with E-state index in [4.69, 9.17) is 0 Å². The number of nitrogens with one attached hydrogen (secondary N) is 1. The van der Waals surface area contributed by atoms with E-state index in [0.717, 1.165) is 39.3 Å². The van der Waals surface area contributed by atoms with E-state index in [1.165, 1.54) is 11.1 Å². The number of aryl methyl sites for hydroxylation is 1. The molecule has 1 fully saturated rings. The lowest BCUT2D eigenvalue weighted by Gasteiger charge is -2.35. The van der Waals surface area contributed by atoms with Gasteiger partial charge in [0, 0.05) is 45.8 Å². The number of piperazine rings is 1. The van der Waals surface area contributed by atoms with Gasteiger partial charge in [0.05, 0.1) is 0 Å². The van der Waals surface area contributed by atoms with Gasteiger partial charge in [-0.1, -0.05) is 24.3 Å². The summed E-state index contributed by atoms with van der Waals surface area (Å²) >= 11 is 0. The molecule has 2 amide bonds. The summed E-state index contributed by atoms with van der Waals surface area (Å²) in [5, 5.41) is 2.98. The van der Waals surface area contributed by atoms with Crippen molar-refractivity contribution < 1.29 is 4.79 Å². The Morgan fingerprint density at radius 3 is 2.50 bits per heavy atom. The molecule has 2 rings (SSSR count). The quantitative estimate of drug-likeness (QED) is 0.893. The average Bonchev–Trinajstić information content (AvgIpc) is 2.50. The molecule has 0 spiro atoms. The van der Waals surface area contributed by atoms with Crippen molar-refractivity contribution in [3.05, 3.63) is 35.4 Å². The average molecular weight is 304 g/mol. The smallest absolute Gasteiger partial charge is 0.317 e. The fraction of sp³-hybridized carbons (Fsp3) is 0.588. The Balaban J connectivity index is 1.73. The van der Waals surface area contributed by atoms with Gasteiger partial charge in [-0.15, -0.1) is 0 Å². The summed E-state index contributed by atoms with van der Waals surface area (Å²) in [6.07, 6.45) is 0. The van der Waals surface area contributed by atoms with Crippen LogP contribution in [-0.2, 0) is 6.54 Å². The van der Waals surface area contributed by atoms with Crippen molar-refractivity contribution in [2.75, 3.05) is 53.4 Å². The molecule has 0 aromatic heterocycles. The molecule has 0 radical (unpaired) electrons. The largest absolute Gasteiger partial charge is 0.337 e. The maximum absolute atomic E-state index is 12.1. The van der Waals surface area contributed by atoms with Gasteiger partial charge >= 0.3 is 6.03 Å². The van der Waals surface area contributed by atoms with E-state index in [-0.39, 0.29) is 6.03 Å². The molecule has 0 aliphatic carbocycles. The number of amides is 2. The molecule has 0 unspecified atom stereocenters. The van der Waals surface area contributed by atoms with Crippen LogP contribution in [0.4, 0.5) is 4.79 Å². The van der Waals surface area contributed by atoms with Crippen LogP contribution < -0.4 is 5.32 Å². The van der Waals surface area contributed by atoms with Gasteiger partial charge in [-0.2, -0.15) is 0 Å². The Hall–Kier alpha value is -1.59. The van der Waals surface area contributed by atoms with Crippen molar-refractivity contribution in [3.63, 3.8) is 0 Å². The summed E-state index contributed by atoms with van der Waals surface area (Å²) in [7, 11) is 4.02. The van der Waals surface area contributed by atoms with Crippen molar-refractivity contribution in [2.24, 2.45) is 0 Å². The minimum Gasteiger partial charge on any atom is -0.337 e. The van der Waals surface area contributed by atoms with E-state index in [1.807, 2.05) is 19.0 Å². The molecular weight excluding hydrogens is 276 g/mol. The number of nitrogens with zero attached hydrogens (tertiary/aromatic N) is 3. The van der Waals surface area contributed by atoms with E-state index in [2.05, 4.69) is 46.3 Å². The Bertz CT molecular complexity index is 481. The molecule has 0 atom stereocenters. The third kappa shape index (κ3) is 5.00. The van der Waals surface area contributed by atoms with E-state index in [0.29, 0.717) is 6.54 Å². The van der Waals surface area contributed by atoms with Crippen molar-refractivity contribution in [2.45, 2.75) is 13.5 Å². The van der Waals surface area contributed by atoms with Crippen LogP contribution in [-0.4, -0.2) is 74.1 Å². The van der Waals surface area contributed by atoms with Crippen molar-refractivity contribution in [1.29, 1.82) is 0 Å². The molecule has 1 aromatic rings. The highest BCUT2D eigenvalue weighted by Gasteiger charge is 2.20. The second-order valence-electron chi connectivity index (χ2n) is 6.22. The molecule has 1 aliphatic rings.